The molecule has 1 aromatic carbocycles. The molecule has 0 bridgehead atoms. The van der Waals surface area contributed by atoms with Crippen molar-refractivity contribution in [2.45, 2.75) is 13.1 Å². The Labute approximate surface area is 185 Å². The number of morpholine rings is 1. The molecule has 0 aliphatic carbocycles. The van der Waals surface area contributed by atoms with Crippen molar-refractivity contribution in [1.29, 1.82) is 0 Å². The largest absolute Gasteiger partial charge is 0.507 e. The smallest absolute Gasteiger partial charge is 0.343 e. The Hall–Kier alpha value is -1.77. The molecule has 7 nitrogen and oxygen atoms in total. The van der Waals surface area contributed by atoms with Gasteiger partial charge in [-0.25, -0.2) is 4.79 Å². The topological polar surface area (TPSA) is 69.4 Å². The highest BCUT2D eigenvalue weighted by Gasteiger charge is 2.23. The summed E-state index contributed by atoms with van der Waals surface area (Å²) in [5.74, 6) is 0.0460. The summed E-state index contributed by atoms with van der Waals surface area (Å²) in [6.07, 6.45) is 1.37. The van der Waals surface area contributed by atoms with E-state index in [9.17, 15) is 9.90 Å². The van der Waals surface area contributed by atoms with Gasteiger partial charge in [0.15, 0.2) is 0 Å². The van der Waals surface area contributed by atoms with Crippen LogP contribution in [-0.2, 0) is 17.8 Å². The van der Waals surface area contributed by atoms with Crippen LogP contribution in [0.15, 0.2) is 33.7 Å². The second-order valence-electron chi connectivity index (χ2n) is 7.63. The lowest BCUT2D eigenvalue weighted by Gasteiger charge is -2.36. The number of hydrogen-bond acceptors (Lipinski definition) is 7. The van der Waals surface area contributed by atoms with Crippen LogP contribution in [0.5, 0.6) is 5.75 Å². The van der Waals surface area contributed by atoms with Gasteiger partial charge in [0.1, 0.15) is 12.0 Å². The third kappa shape index (κ3) is 4.92. The minimum atomic E-state index is -0.481. The molecule has 9 heteroatoms. The summed E-state index contributed by atoms with van der Waals surface area (Å²) in [4.78, 5) is 18.9. The van der Waals surface area contributed by atoms with Crippen LogP contribution in [0.25, 0.3) is 0 Å². The Morgan fingerprint density at radius 1 is 0.933 bits per heavy atom. The summed E-state index contributed by atoms with van der Waals surface area (Å²) in [6.45, 7) is 6.93. The Morgan fingerprint density at radius 2 is 1.63 bits per heavy atom. The minimum absolute atomic E-state index is 0.0460. The van der Waals surface area contributed by atoms with Gasteiger partial charge in [0, 0.05) is 63.6 Å². The van der Waals surface area contributed by atoms with Crippen molar-refractivity contribution in [3.63, 3.8) is 0 Å². The molecule has 0 radical (unpaired) electrons. The number of aromatic hydroxyl groups is 1. The highest BCUT2D eigenvalue weighted by molar-refractivity contribution is 6.42. The highest BCUT2D eigenvalue weighted by atomic mass is 35.5. The van der Waals surface area contributed by atoms with Crippen LogP contribution < -0.4 is 10.5 Å². The van der Waals surface area contributed by atoms with E-state index in [2.05, 4.69) is 14.7 Å². The number of rotatable bonds is 5. The zero-order chi connectivity index (χ0) is 21.1. The molecule has 30 heavy (non-hydrogen) atoms. The average molecular weight is 454 g/mol. The number of piperazine rings is 1. The van der Waals surface area contributed by atoms with Crippen molar-refractivity contribution < 1.29 is 14.3 Å². The van der Waals surface area contributed by atoms with Crippen LogP contribution >= 0.6 is 23.2 Å². The standard InChI is InChI=1S/C21H25Cl2N3O4/c22-18-2-1-16(11-19(18)23)26-5-3-24(4-6-26)13-17-20(27)15(14-30-21(17)28)12-25-7-9-29-10-8-25/h1-2,11,14,27H,3-10,12-13H2. The van der Waals surface area contributed by atoms with E-state index in [1.807, 2.05) is 12.1 Å². The Balaban J connectivity index is 1.40. The average Bonchev–Trinajstić information content (AvgIpc) is 2.76. The molecule has 3 heterocycles. The van der Waals surface area contributed by atoms with Gasteiger partial charge in [-0.2, -0.15) is 0 Å². The Morgan fingerprint density at radius 3 is 2.33 bits per heavy atom. The first-order valence-electron chi connectivity index (χ1n) is 10.1. The molecule has 0 unspecified atom stereocenters. The number of anilines is 1. The number of hydrogen-bond donors (Lipinski definition) is 1. The summed E-state index contributed by atoms with van der Waals surface area (Å²) in [7, 11) is 0. The first-order chi connectivity index (χ1) is 14.5. The second-order valence-corrected chi connectivity index (χ2v) is 8.44. The molecule has 1 aromatic heterocycles. The van der Waals surface area contributed by atoms with Crippen LogP contribution in [0.3, 0.4) is 0 Å². The quantitative estimate of drug-likeness (QED) is 0.745. The van der Waals surface area contributed by atoms with Crippen molar-refractivity contribution in [3.8, 4) is 5.75 Å². The number of halogens is 2. The summed E-state index contributed by atoms with van der Waals surface area (Å²) >= 11 is 12.1. The normalized spacial score (nSPS) is 18.7. The molecule has 0 saturated carbocycles. The fraction of sp³-hybridized carbons (Fsp3) is 0.476. The van der Waals surface area contributed by atoms with Gasteiger partial charge in [0.25, 0.3) is 0 Å². The van der Waals surface area contributed by atoms with Crippen molar-refractivity contribution in [2.75, 3.05) is 57.4 Å². The van der Waals surface area contributed by atoms with Crippen LogP contribution in [0.2, 0.25) is 10.0 Å². The number of benzene rings is 1. The van der Waals surface area contributed by atoms with Gasteiger partial charge in [-0.15, -0.1) is 0 Å². The maximum Gasteiger partial charge on any atom is 0.343 e. The van der Waals surface area contributed by atoms with E-state index in [1.165, 1.54) is 6.26 Å². The first kappa shape index (κ1) is 21.5. The zero-order valence-corrected chi connectivity index (χ0v) is 18.2. The van der Waals surface area contributed by atoms with E-state index in [-0.39, 0.29) is 5.75 Å². The van der Waals surface area contributed by atoms with Gasteiger partial charge < -0.3 is 19.2 Å². The van der Waals surface area contributed by atoms with Gasteiger partial charge in [0.2, 0.25) is 0 Å². The van der Waals surface area contributed by atoms with E-state index in [0.29, 0.717) is 47.5 Å². The van der Waals surface area contributed by atoms with E-state index in [1.54, 1.807) is 6.07 Å². The lowest BCUT2D eigenvalue weighted by atomic mass is 10.1. The van der Waals surface area contributed by atoms with Crippen LogP contribution in [0.4, 0.5) is 5.69 Å². The maximum absolute atomic E-state index is 12.3. The van der Waals surface area contributed by atoms with Gasteiger partial charge in [-0.1, -0.05) is 23.2 Å². The molecular weight excluding hydrogens is 429 g/mol. The molecule has 0 amide bonds. The summed E-state index contributed by atoms with van der Waals surface area (Å²) in [5, 5.41) is 11.8. The molecule has 2 aliphatic heterocycles. The monoisotopic (exact) mass is 453 g/mol. The fourth-order valence-electron chi connectivity index (χ4n) is 3.86. The van der Waals surface area contributed by atoms with E-state index < -0.39 is 5.63 Å². The maximum atomic E-state index is 12.3. The minimum Gasteiger partial charge on any atom is -0.507 e. The van der Waals surface area contributed by atoms with Gasteiger partial charge in [0.05, 0.1) is 28.8 Å². The first-order valence-corrected chi connectivity index (χ1v) is 10.8. The molecule has 0 spiro atoms. The van der Waals surface area contributed by atoms with Crippen LogP contribution in [0.1, 0.15) is 11.1 Å². The lowest BCUT2D eigenvalue weighted by Crippen LogP contribution is -2.46. The molecule has 4 rings (SSSR count). The van der Waals surface area contributed by atoms with E-state index in [0.717, 1.165) is 45.0 Å². The van der Waals surface area contributed by atoms with Gasteiger partial charge in [-0.05, 0) is 18.2 Å². The SMILES string of the molecule is O=c1occ(CN2CCOCC2)c(O)c1CN1CCN(c2ccc(Cl)c(Cl)c2)CC1. The van der Waals surface area contributed by atoms with Crippen LogP contribution in [-0.4, -0.2) is 67.4 Å². The number of ether oxygens (including phenoxy) is 1. The predicted octanol–water partition coefficient (Wildman–Crippen LogP) is 2.81. The molecule has 2 saturated heterocycles. The van der Waals surface area contributed by atoms with Crippen molar-refractivity contribution in [3.05, 3.63) is 56.1 Å². The van der Waals surface area contributed by atoms with Gasteiger partial charge in [-0.3, -0.25) is 9.80 Å². The molecular formula is C21H25Cl2N3O4. The van der Waals surface area contributed by atoms with E-state index in [4.69, 9.17) is 32.4 Å². The summed E-state index contributed by atoms with van der Waals surface area (Å²) < 4.78 is 10.6. The van der Waals surface area contributed by atoms with Crippen molar-refractivity contribution >= 4 is 28.9 Å². The summed E-state index contributed by atoms with van der Waals surface area (Å²) in [6, 6.07) is 5.63. The molecule has 162 valence electrons. The fourth-order valence-corrected chi connectivity index (χ4v) is 4.16. The third-order valence-electron chi connectivity index (χ3n) is 5.66. The van der Waals surface area contributed by atoms with Crippen molar-refractivity contribution in [1.82, 2.24) is 9.80 Å². The van der Waals surface area contributed by atoms with Crippen molar-refractivity contribution in [2.24, 2.45) is 0 Å². The molecule has 2 aliphatic rings. The predicted molar refractivity (Wildman–Crippen MR) is 117 cm³/mol. The number of nitrogens with zero attached hydrogens (tertiary/aromatic N) is 3. The summed E-state index contributed by atoms with van der Waals surface area (Å²) in [5.41, 5.74) is 1.51. The van der Waals surface area contributed by atoms with Gasteiger partial charge >= 0.3 is 5.63 Å². The molecule has 2 fully saturated rings. The Bertz CT molecular complexity index is 938. The third-order valence-corrected chi connectivity index (χ3v) is 6.40. The molecule has 1 N–H and O–H groups in total. The van der Waals surface area contributed by atoms with E-state index >= 15 is 0 Å². The molecule has 2 aromatic rings. The second kappa shape index (κ2) is 9.58. The Kier molecular flexibility index (Phi) is 6.85. The zero-order valence-electron chi connectivity index (χ0n) is 16.6. The lowest BCUT2D eigenvalue weighted by molar-refractivity contribution is 0.0335. The highest BCUT2D eigenvalue weighted by Crippen LogP contribution is 2.28. The van der Waals surface area contributed by atoms with Crippen LogP contribution in [0, 0.1) is 0 Å². The molecule has 0 atom stereocenters.